The summed E-state index contributed by atoms with van der Waals surface area (Å²) in [7, 11) is 2.05. The van der Waals surface area contributed by atoms with Crippen molar-refractivity contribution in [1.82, 2.24) is 10.3 Å². The summed E-state index contributed by atoms with van der Waals surface area (Å²) in [6.07, 6.45) is 2.49. The van der Waals surface area contributed by atoms with Crippen LogP contribution in [0.2, 0.25) is 0 Å². The second kappa shape index (κ2) is 13.7. The zero-order valence-corrected chi connectivity index (χ0v) is 22.3. The normalized spacial score (nSPS) is 14.3. The van der Waals surface area contributed by atoms with Crippen LogP contribution in [0.4, 0.5) is 5.69 Å². The van der Waals surface area contributed by atoms with E-state index in [4.69, 9.17) is 11.3 Å². The number of hydrogen-bond acceptors (Lipinski definition) is 6. The molecule has 0 aliphatic rings. The number of anilines is 1. The zero-order valence-electron chi connectivity index (χ0n) is 22.3. The quantitative estimate of drug-likeness (QED) is 0.161. The molecule has 2 aromatic carbocycles. The molecule has 3 atom stereocenters. The van der Waals surface area contributed by atoms with E-state index in [1.54, 1.807) is 6.20 Å². The average Bonchev–Trinajstić information content (AvgIpc) is 2.91. The van der Waals surface area contributed by atoms with Gasteiger partial charge in [0.25, 0.3) is 5.91 Å². The molecule has 3 rings (SSSR count). The Balaban J connectivity index is 1.71. The van der Waals surface area contributed by atoms with Crippen molar-refractivity contribution in [2.24, 2.45) is 10.8 Å². The number of nitrogens with one attached hydrogen (secondary N) is 3. The molecule has 1 aromatic heterocycles. The highest BCUT2D eigenvalue weighted by Gasteiger charge is 2.29. The van der Waals surface area contributed by atoms with E-state index in [-0.39, 0.29) is 11.8 Å². The third kappa shape index (κ3) is 8.41. The Morgan fingerprint density at radius 2 is 1.84 bits per heavy atom. The third-order valence-corrected chi connectivity index (χ3v) is 6.86. The van der Waals surface area contributed by atoms with Crippen molar-refractivity contribution >= 4 is 28.4 Å². The van der Waals surface area contributed by atoms with Gasteiger partial charge in [0.15, 0.2) is 6.04 Å². The van der Waals surface area contributed by atoms with Crippen LogP contribution < -0.4 is 22.1 Å². The lowest BCUT2D eigenvalue weighted by Gasteiger charge is -2.34. The number of pyridine rings is 1. The smallest absolute Gasteiger partial charge is 0.279 e. The molecule has 3 aromatic rings. The summed E-state index contributed by atoms with van der Waals surface area (Å²) in [4.78, 5) is 31.0. The number of carbonyl (C=O) groups excluding carboxylic acids is 2. The molecule has 0 saturated carbocycles. The standard InChI is InChI=1S/C28H38N8O2/c1-20-7-9-21(10-8-20)17-26(28(38)34-23-18-22-5-3-4-6-25(22)32-19-23)35-27(37)24(30)11-14-36(2,15-12-29)16-13-33-31/h3-10,18-19,24,26,31H,11-17,29-30H2,1-2H3,(H-,34,35,37,38)/p+2. The number of amides is 2. The van der Waals surface area contributed by atoms with Gasteiger partial charge in [0.05, 0.1) is 44.0 Å². The van der Waals surface area contributed by atoms with Crippen molar-refractivity contribution in [3.63, 3.8) is 0 Å². The summed E-state index contributed by atoms with van der Waals surface area (Å²) >= 11 is 0. The van der Waals surface area contributed by atoms with Crippen LogP contribution >= 0.6 is 0 Å². The van der Waals surface area contributed by atoms with E-state index in [9.17, 15) is 9.59 Å². The maximum absolute atomic E-state index is 13.4. The molecule has 0 aliphatic carbocycles. The van der Waals surface area contributed by atoms with Gasteiger partial charge >= 0.3 is 0 Å². The minimum atomic E-state index is -0.784. The SMILES string of the molecule is Cc1ccc(CC(NC(=O)C([NH3+])CC[N+](C)(CCN)CCN=N)C(=O)Nc2cnc3ccccc3c2)cc1. The Labute approximate surface area is 223 Å². The van der Waals surface area contributed by atoms with Crippen molar-refractivity contribution < 1.29 is 19.8 Å². The molecule has 10 heteroatoms. The Kier molecular flexibility index (Phi) is 10.4. The first-order valence-electron chi connectivity index (χ1n) is 12.9. The van der Waals surface area contributed by atoms with Gasteiger partial charge in [-0.2, -0.15) is 5.11 Å². The Hall–Kier alpha value is -3.73. The summed E-state index contributed by atoms with van der Waals surface area (Å²) in [5.41, 5.74) is 20.4. The topological polar surface area (TPSA) is 161 Å². The van der Waals surface area contributed by atoms with E-state index >= 15 is 0 Å². The first-order valence-corrected chi connectivity index (χ1v) is 12.9. The largest absolute Gasteiger partial charge is 0.347 e. The van der Waals surface area contributed by atoms with Crippen LogP contribution in [0.1, 0.15) is 17.5 Å². The van der Waals surface area contributed by atoms with Crippen LogP contribution in [0.15, 0.2) is 65.9 Å². The number of fused-ring (bicyclic) bond motifs is 1. The number of rotatable bonds is 14. The molecule has 2 amide bonds. The number of likely N-dealkylation sites (N-methyl/N-ethyl adjacent to an activating group) is 1. The maximum atomic E-state index is 13.4. The number of para-hydroxylation sites is 1. The highest BCUT2D eigenvalue weighted by molar-refractivity contribution is 5.99. The van der Waals surface area contributed by atoms with E-state index in [2.05, 4.69) is 26.5 Å². The lowest BCUT2D eigenvalue weighted by molar-refractivity contribution is -0.907. The van der Waals surface area contributed by atoms with E-state index in [1.807, 2.05) is 68.6 Å². The van der Waals surface area contributed by atoms with Crippen LogP contribution in [0, 0.1) is 12.5 Å². The van der Waals surface area contributed by atoms with Crippen molar-refractivity contribution in [3.05, 3.63) is 71.9 Å². The number of nitrogens with zero attached hydrogens (tertiary/aromatic N) is 3. The van der Waals surface area contributed by atoms with Crippen molar-refractivity contribution in [2.45, 2.75) is 31.8 Å². The molecule has 38 heavy (non-hydrogen) atoms. The molecule has 0 fully saturated rings. The molecule has 0 spiro atoms. The lowest BCUT2D eigenvalue weighted by Crippen LogP contribution is -2.70. The number of nitrogens with two attached hydrogens (primary N) is 1. The Morgan fingerprint density at radius 3 is 2.55 bits per heavy atom. The summed E-state index contributed by atoms with van der Waals surface area (Å²) in [5.74, 6) is -0.595. The van der Waals surface area contributed by atoms with Crippen molar-refractivity contribution in [2.75, 3.05) is 45.1 Å². The second-order valence-electron chi connectivity index (χ2n) is 10.1. The summed E-state index contributed by atoms with van der Waals surface area (Å²) in [5, 5.41) is 10.2. The van der Waals surface area contributed by atoms with Gasteiger partial charge in [-0.15, -0.1) is 0 Å². The monoisotopic (exact) mass is 520 g/mol. The molecule has 0 radical (unpaired) electrons. The van der Waals surface area contributed by atoms with E-state index < -0.39 is 12.1 Å². The van der Waals surface area contributed by atoms with Gasteiger partial charge in [0, 0.05) is 18.4 Å². The van der Waals surface area contributed by atoms with Crippen molar-refractivity contribution in [3.8, 4) is 0 Å². The molecule has 3 unspecified atom stereocenters. The predicted molar refractivity (Wildman–Crippen MR) is 148 cm³/mol. The highest BCUT2D eigenvalue weighted by Crippen LogP contribution is 2.17. The summed E-state index contributed by atoms with van der Waals surface area (Å²) in [6, 6.07) is 16.1. The van der Waals surface area contributed by atoms with Gasteiger partial charge in [-0.05, 0) is 24.6 Å². The number of aryl methyl sites for hydroxylation is 1. The van der Waals surface area contributed by atoms with Gasteiger partial charge in [-0.1, -0.05) is 48.0 Å². The van der Waals surface area contributed by atoms with E-state index in [0.717, 1.165) is 28.6 Å². The molecule has 0 aliphatic heterocycles. The van der Waals surface area contributed by atoms with Crippen LogP contribution in [0.3, 0.4) is 0 Å². The van der Waals surface area contributed by atoms with Crippen LogP contribution in [0.25, 0.3) is 10.9 Å². The third-order valence-electron chi connectivity index (χ3n) is 6.86. The van der Waals surface area contributed by atoms with Gasteiger partial charge in [-0.25, -0.2) is 5.53 Å². The van der Waals surface area contributed by atoms with Gasteiger partial charge in [0.2, 0.25) is 5.91 Å². The minimum Gasteiger partial charge on any atom is -0.347 e. The van der Waals surface area contributed by atoms with Crippen LogP contribution in [-0.4, -0.2) is 73.1 Å². The van der Waals surface area contributed by atoms with Gasteiger partial charge in [0.1, 0.15) is 19.1 Å². The average molecular weight is 521 g/mol. The van der Waals surface area contributed by atoms with E-state index in [1.165, 1.54) is 0 Å². The van der Waals surface area contributed by atoms with Gasteiger partial charge < -0.3 is 26.6 Å². The molecule has 10 nitrogen and oxygen atoms in total. The molecular weight excluding hydrogens is 480 g/mol. The molecule has 1 heterocycles. The van der Waals surface area contributed by atoms with Crippen molar-refractivity contribution in [1.29, 1.82) is 5.53 Å². The number of quaternary nitrogens is 2. The predicted octanol–water partition coefficient (Wildman–Crippen LogP) is 1.65. The maximum Gasteiger partial charge on any atom is 0.279 e. The fraction of sp³-hybridized carbons (Fsp3) is 0.393. The molecule has 0 saturated heterocycles. The van der Waals surface area contributed by atoms with E-state index in [0.29, 0.717) is 49.2 Å². The summed E-state index contributed by atoms with van der Waals surface area (Å²) < 4.78 is 0.612. The number of carbonyl (C=O) groups is 2. The Morgan fingerprint density at radius 1 is 1.11 bits per heavy atom. The first kappa shape index (κ1) is 28.8. The fourth-order valence-corrected chi connectivity index (χ4v) is 4.36. The Bertz CT molecular complexity index is 1230. The first-order chi connectivity index (χ1) is 18.2. The molecular formula is C28H40N8O2+2. The molecule has 0 bridgehead atoms. The molecule has 8 N–H and O–H groups in total. The van der Waals surface area contributed by atoms with Crippen LogP contribution in [-0.2, 0) is 16.0 Å². The number of hydrogen-bond donors (Lipinski definition) is 5. The minimum absolute atomic E-state index is 0.279. The fourth-order valence-electron chi connectivity index (χ4n) is 4.36. The highest BCUT2D eigenvalue weighted by atomic mass is 16.2. The second-order valence-corrected chi connectivity index (χ2v) is 10.1. The number of benzene rings is 2. The van der Waals surface area contributed by atoms with Gasteiger partial charge in [-0.3, -0.25) is 14.6 Å². The number of aromatic nitrogens is 1. The zero-order chi connectivity index (χ0) is 27.5. The molecule has 202 valence electrons. The lowest BCUT2D eigenvalue weighted by atomic mass is 10.0. The van der Waals surface area contributed by atoms with Crippen LogP contribution in [0.5, 0.6) is 0 Å². The summed E-state index contributed by atoms with van der Waals surface area (Å²) in [6.45, 7) is 4.99.